The average Bonchev–Trinajstić information content (AvgIpc) is 2.39. The molecule has 0 spiro atoms. The summed E-state index contributed by atoms with van der Waals surface area (Å²) in [5.41, 5.74) is -0.425. The van der Waals surface area contributed by atoms with E-state index in [-0.39, 0.29) is 13.0 Å². The van der Waals surface area contributed by atoms with Gasteiger partial charge in [-0.1, -0.05) is 6.92 Å². The Bertz CT molecular complexity index is 548. The number of carbonyl (C=O) groups is 2. The van der Waals surface area contributed by atoms with Gasteiger partial charge in [-0.3, -0.25) is 14.5 Å². The minimum Gasteiger partial charge on any atom is -0.345 e. The van der Waals surface area contributed by atoms with Gasteiger partial charge in [-0.05, 0) is 18.6 Å². The number of amides is 2. The lowest BCUT2D eigenvalue weighted by atomic mass is 10.1. The first kappa shape index (κ1) is 13.4. The van der Waals surface area contributed by atoms with Crippen molar-refractivity contribution in [3.05, 3.63) is 29.6 Å². The molecule has 19 heavy (non-hydrogen) atoms. The highest BCUT2D eigenvalue weighted by atomic mass is 19.2. The quantitative estimate of drug-likeness (QED) is 0.826. The average molecular weight is 272 g/mol. The van der Waals surface area contributed by atoms with Crippen LogP contribution in [0.2, 0.25) is 0 Å². The molecule has 2 rings (SSSR count). The molecule has 1 fully saturated rings. The van der Waals surface area contributed by atoms with Gasteiger partial charge in [-0.25, -0.2) is 13.2 Å². The van der Waals surface area contributed by atoms with E-state index >= 15 is 0 Å². The number of nitrogens with one attached hydrogen (secondary N) is 1. The van der Waals surface area contributed by atoms with Crippen molar-refractivity contribution in [1.82, 2.24) is 5.32 Å². The van der Waals surface area contributed by atoms with Gasteiger partial charge < -0.3 is 5.32 Å². The number of carbonyl (C=O) groups excluding carboxylic acids is 2. The molecule has 1 N–H and O–H groups in total. The number of piperazine rings is 1. The zero-order chi connectivity index (χ0) is 14.2. The second-order valence-electron chi connectivity index (χ2n) is 4.10. The molecule has 0 bridgehead atoms. The van der Waals surface area contributed by atoms with Gasteiger partial charge in [0.05, 0.1) is 12.2 Å². The zero-order valence-corrected chi connectivity index (χ0v) is 10.0. The highest BCUT2D eigenvalue weighted by molar-refractivity contribution is 6.06. The van der Waals surface area contributed by atoms with Gasteiger partial charge in [-0.15, -0.1) is 0 Å². The van der Waals surface area contributed by atoms with Gasteiger partial charge in [0.1, 0.15) is 6.04 Å². The molecule has 1 aromatic rings. The van der Waals surface area contributed by atoms with Crippen molar-refractivity contribution >= 4 is 17.5 Å². The Hall–Kier alpha value is -2.05. The molecule has 1 saturated heterocycles. The molecule has 102 valence electrons. The molecule has 7 heteroatoms. The van der Waals surface area contributed by atoms with Crippen molar-refractivity contribution in [2.45, 2.75) is 19.4 Å². The molecule has 2 amide bonds. The van der Waals surface area contributed by atoms with E-state index in [0.717, 1.165) is 17.0 Å². The van der Waals surface area contributed by atoms with Crippen LogP contribution < -0.4 is 10.2 Å². The Kier molecular flexibility index (Phi) is 3.46. The summed E-state index contributed by atoms with van der Waals surface area (Å²) in [6, 6.07) is 0.744. The van der Waals surface area contributed by atoms with Crippen molar-refractivity contribution in [2.75, 3.05) is 11.4 Å². The number of hydrogen-bond donors (Lipinski definition) is 1. The van der Waals surface area contributed by atoms with Gasteiger partial charge >= 0.3 is 0 Å². The zero-order valence-electron chi connectivity index (χ0n) is 10.0. The van der Waals surface area contributed by atoms with Crippen LogP contribution in [-0.2, 0) is 9.59 Å². The van der Waals surface area contributed by atoms with Crippen molar-refractivity contribution in [3.8, 4) is 0 Å². The standard InChI is InChI=1S/C12H11F3N2O2/c1-2-7-12(19)16-5-9(18)17(7)8-4-3-6(13)10(14)11(8)15/h3-4,7H,2,5H2,1H3,(H,16,19). The molecule has 1 aliphatic heterocycles. The summed E-state index contributed by atoms with van der Waals surface area (Å²) in [5, 5.41) is 2.36. The van der Waals surface area contributed by atoms with Crippen LogP contribution in [0.3, 0.4) is 0 Å². The molecule has 0 radical (unpaired) electrons. The predicted octanol–water partition coefficient (Wildman–Crippen LogP) is 1.35. The normalized spacial score (nSPS) is 19.6. The topological polar surface area (TPSA) is 49.4 Å². The first-order valence-electron chi connectivity index (χ1n) is 5.70. The predicted molar refractivity (Wildman–Crippen MR) is 60.9 cm³/mol. The van der Waals surface area contributed by atoms with E-state index in [1.807, 2.05) is 0 Å². The second kappa shape index (κ2) is 4.91. The third kappa shape index (κ3) is 2.16. The summed E-state index contributed by atoms with van der Waals surface area (Å²) in [4.78, 5) is 24.3. The Labute approximate surface area is 107 Å². The fourth-order valence-corrected chi connectivity index (χ4v) is 2.03. The van der Waals surface area contributed by atoms with Crippen molar-refractivity contribution in [1.29, 1.82) is 0 Å². The van der Waals surface area contributed by atoms with Crippen LogP contribution in [0.1, 0.15) is 13.3 Å². The molecule has 0 aliphatic carbocycles. The van der Waals surface area contributed by atoms with E-state index in [0.29, 0.717) is 0 Å². The summed E-state index contributed by atoms with van der Waals surface area (Å²) >= 11 is 0. The maximum Gasteiger partial charge on any atom is 0.247 e. The third-order valence-electron chi connectivity index (χ3n) is 2.96. The Morgan fingerprint density at radius 3 is 2.58 bits per heavy atom. The van der Waals surface area contributed by atoms with Crippen LogP contribution in [0.4, 0.5) is 18.9 Å². The van der Waals surface area contributed by atoms with Gasteiger partial charge in [0.25, 0.3) is 0 Å². The fraction of sp³-hybridized carbons (Fsp3) is 0.333. The summed E-state index contributed by atoms with van der Waals surface area (Å²) in [5.74, 6) is -5.50. The summed E-state index contributed by atoms with van der Waals surface area (Å²) in [6.07, 6.45) is 0.232. The lowest BCUT2D eigenvalue weighted by Gasteiger charge is -2.34. The van der Waals surface area contributed by atoms with Gasteiger partial charge in [-0.2, -0.15) is 0 Å². The van der Waals surface area contributed by atoms with Gasteiger partial charge in [0.15, 0.2) is 17.5 Å². The van der Waals surface area contributed by atoms with E-state index < -0.39 is 41.0 Å². The number of hydrogen-bond acceptors (Lipinski definition) is 2. The van der Waals surface area contributed by atoms with E-state index in [2.05, 4.69) is 5.32 Å². The maximum absolute atomic E-state index is 13.7. The summed E-state index contributed by atoms with van der Waals surface area (Å²) in [6.45, 7) is 1.33. The Morgan fingerprint density at radius 1 is 1.26 bits per heavy atom. The smallest absolute Gasteiger partial charge is 0.247 e. The molecule has 1 aromatic carbocycles. The van der Waals surface area contributed by atoms with Crippen LogP contribution in [0, 0.1) is 17.5 Å². The van der Waals surface area contributed by atoms with E-state index in [9.17, 15) is 22.8 Å². The number of anilines is 1. The highest BCUT2D eigenvalue weighted by Crippen LogP contribution is 2.27. The largest absolute Gasteiger partial charge is 0.345 e. The molecule has 1 unspecified atom stereocenters. The summed E-state index contributed by atoms with van der Waals surface area (Å²) < 4.78 is 39.8. The molecule has 4 nitrogen and oxygen atoms in total. The second-order valence-corrected chi connectivity index (χ2v) is 4.10. The molecule has 1 heterocycles. The molecule has 1 aliphatic rings. The SMILES string of the molecule is CCC1C(=O)NCC(=O)N1c1ccc(F)c(F)c1F. The van der Waals surface area contributed by atoms with Crippen LogP contribution in [0.5, 0.6) is 0 Å². The molecular weight excluding hydrogens is 261 g/mol. The number of halogens is 3. The molecule has 0 saturated carbocycles. The van der Waals surface area contributed by atoms with Gasteiger partial charge in [0, 0.05) is 0 Å². The van der Waals surface area contributed by atoms with Crippen molar-refractivity contribution in [3.63, 3.8) is 0 Å². The monoisotopic (exact) mass is 272 g/mol. The minimum atomic E-state index is -1.66. The first-order valence-corrected chi connectivity index (χ1v) is 5.70. The third-order valence-corrected chi connectivity index (χ3v) is 2.96. The molecule has 0 aromatic heterocycles. The van der Waals surface area contributed by atoms with E-state index in [4.69, 9.17) is 0 Å². The Morgan fingerprint density at radius 2 is 1.95 bits per heavy atom. The lowest BCUT2D eigenvalue weighted by Crippen LogP contribution is -2.58. The van der Waals surface area contributed by atoms with Crippen molar-refractivity contribution in [2.24, 2.45) is 0 Å². The number of benzene rings is 1. The van der Waals surface area contributed by atoms with Crippen LogP contribution in [0.15, 0.2) is 12.1 Å². The number of rotatable bonds is 2. The van der Waals surface area contributed by atoms with Crippen LogP contribution >= 0.6 is 0 Å². The van der Waals surface area contributed by atoms with Gasteiger partial charge in [0.2, 0.25) is 11.8 Å². The Balaban J connectivity index is 2.51. The lowest BCUT2D eigenvalue weighted by molar-refractivity contribution is -0.131. The summed E-state index contributed by atoms with van der Waals surface area (Å²) in [7, 11) is 0. The van der Waals surface area contributed by atoms with Crippen LogP contribution in [0.25, 0.3) is 0 Å². The maximum atomic E-state index is 13.7. The van der Waals surface area contributed by atoms with Crippen molar-refractivity contribution < 1.29 is 22.8 Å². The highest BCUT2D eigenvalue weighted by Gasteiger charge is 2.36. The van der Waals surface area contributed by atoms with Crippen LogP contribution in [-0.4, -0.2) is 24.4 Å². The minimum absolute atomic E-state index is 0.232. The molecule has 1 atom stereocenters. The number of nitrogens with zero attached hydrogens (tertiary/aromatic N) is 1. The van der Waals surface area contributed by atoms with E-state index in [1.54, 1.807) is 6.92 Å². The fourth-order valence-electron chi connectivity index (χ4n) is 2.03. The first-order chi connectivity index (χ1) is 8.97. The molecular formula is C12H11F3N2O2. The van der Waals surface area contributed by atoms with E-state index in [1.165, 1.54) is 0 Å².